The summed E-state index contributed by atoms with van der Waals surface area (Å²) in [5.74, 6) is 0.866. The molecule has 0 aliphatic heterocycles. The first kappa shape index (κ1) is 21.1. The SMILES string of the molecule is CC1CCC(C)C(N(CC=Cc2ccccc2)S(=O)(=O)c2ccc(Cl)cc2)C1. The van der Waals surface area contributed by atoms with Gasteiger partial charge in [-0.3, -0.25) is 0 Å². The Morgan fingerprint density at radius 1 is 1.04 bits per heavy atom. The van der Waals surface area contributed by atoms with Crippen LogP contribution in [0.25, 0.3) is 6.08 Å². The first-order chi connectivity index (χ1) is 13.4. The Balaban J connectivity index is 1.91. The number of nitrogens with zero attached hydrogens (tertiary/aromatic N) is 1. The van der Waals surface area contributed by atoms with E-state index in [-0.39, 0.29) is 6.04 Å². The molecule has 3 atom stereocenters. The predicted octanol–water partition coefficient (Wildman–Crippen LogP) is 5.87. The van der Waals surface area contributed by atoms with Crippen molar-refractivity contribution in [3.8, 4) is 0 Å². The van der Waals surface area contributed by atoms with Gasteiger partial charge in [-0.05, 0) is 54.5 Å². The van der Waals surface area contributed by atoms with Crippen LogP contribution in [0.4, 0.5) is 0 Å². The lowest BCUT2D eigenvalue weighted by molar-refractivity contribution is 0.165. The summed E-state index contributed by atoms with van der Waals surface area (Å²) in [5, 5.41) is 0.536. The number of benzene rings is 2. The summed E-state index contributed by atoms with van der Waals surface area (Å²) in [5.41, 5.74) is 1.07. The van der Waals surface area contributed by atoms with Gasteiger partial charge in [-0.2, -0.15) is 4.31 Å². The highest BCUT2D eigenvalue weighted by Gasteiger charge is 2.36. The molecule has 1 aliphatic carbocycles. The molecular formula is C23H28ClNO2S. The Hall–Kier alpha value is -1.62. The zero-order valence-electron chi connectivity index (χ0n) is 16.5. The van der Waals surface area contributed by atoms with Crippen molar-refractivity contribution in [3.63, 3.8) is 0 Å². The molecule has 5 heteroatoms. The molecule has 0 aromatic heterocycles. The van der Waals surface area contributed by atoms with Gasteiger partial charge in [-0.15, -0.1) is 0 Å². The maximum Gasteiger partial charge on any atom is 0.243 e. The normalized spacial score (nSPS) is 23.4. The second-order valence-corrected chi connectivity index (χ2v) is 10.1. The Bertz CT molecular complexity index is 894. The maximum atomic E-state index is 13.5. The van der Waals surface area contributed by atoms with Gasteiger partial charge < -0.3 is 0 Å². The average Bonchev–Trinajstić information content (AvgIpc) is 2.68. The number of hydrogen-bond donors (Lipinski definition) is 0. The number of rotatable bonds is 6. The zero-order chi connectivity index (χ0) is 20.1. The summed E-state index contributed by atoms with van der Waals surface area (Å²) >= 11 is 5.96. The molecule has 3 rings (SSSR count). The Morgan fingerprint density at radius 2 is 1.71 bits per heavy atom. The summed E-state index contributed by atoms with van der Waals surface area (Å²) in [6.07, 6.45) is 7.05. The highest BCUT2D eigenvalue weighted by Crippen LogP contribution is 2.35. The highest BCUT2D eigenvalue weighted by atomic mass is 35.5. The third-order valence-corrected chi connectivity index (χ3v) is 7.76. The molecule has 1 aliphatic rings. The van der Waals surface area contributed by atoms with Crippen molar-refractivity contribution in [2.75, 3.05) is 6.54 Å². The van der Waals surface area contributed by atoms with E-state index in [1.807, 2.05) is 42.5 Å². The monoisotopic (exact) mass is 417 g/mol. The molecule has 2 aromatic carbocycles. The molecule has 3 unspecified atom stereocenters. The van der Waals surface area contributed by atoms with Gasteiger partial charge >= 0.3 is 0 Å². The smallest absolute Gasteiger partial charge is 0.207 e. The molecule has 1 saturated carbocycles. The van der Waals surface area contributed by atoms with E-state index in [0.717, 1.165) is 24.8 Å². The number of hydrogen-bond acceptors (Lipinski definition) is 2. The zero-order valence-corrected chi connectivity index (χ0v) is 18.0. The number of sulfonamides is 1. The van der Waals surface area contributed by atoms with Crippen molar-refractivity contribution in [2.24, 2.45) is 11.8 Å². The van der Waals surface area contributed by atoms with Crippen LogP contribution in [-0.4, -0.2) is 25.3 Å². The van der Waals surface area contributed by atoms with Crippen molar-refractivity contribution in [1.29, 1.82) is 0 Å². The van der Waals surface area contributed by atoms with Gasteiger partial charge in [0.1, 0.15) is 0 Å². The average molecular weight is 418 g/mol. The van der Waals surface area contributed by atoms with Crippen LogP contribution in [0.1, 0.15) is 38.7 Å². The minimum absolute atomic E-state index is 0.00449. The lowest BCUT2D eigenvalue weighted by Crippen LogP contribution is -2.46. The third kappa shape index (κ3) is 5.05. The van der Waals surface area contributed by atoms with Crippen molar-refractivity contribution < 1.29 is 8.42 Å². The summed E-state index contributed by atoms with van der Waals surface area (Å²) < 4.78 is 28.7. The fraction of sp³-hybridized carbons (Fsp3) is 0.391. The molecule has 0 heterocycles. The van der Waals surface area contributed by atoms with Gasteiger partial charge in [-0.1, -0.05) is 74.4 Å². The van der Waals surface area contributed by atoms with Crippen molar-refractivity contribution in [1.82, 2.24) is 4.31 Å². The van der Waals surface area contributed by atoms with Gasteiger partial charge in [0.2, 0.25) is 10.0 Å². The van der Waals surface area contributed by atoms with Crippen LogP contribution in [0.5, 0.6) is 0 Å². The highest BCUT2D eigenvalue weighted by molar-refractivity contribution is 7.89. The van der Waals surface area contributed by atoms with Gasteiger partial charge in [-0.25, -0.2) is 8.42 Å². The molecule has 150 valence electrons. The maximum absolute atomic E-state index is 13.5. The van der Waals surface area contributed by atoms with Crippen LogP contribution in [0.3, 0.4) is 0 Å². The molecule has 0 spiro atoms. The second-order valence-electron chi connectivity index (χ2n) is 7.80. The Morgan fingerprint density at radius 3 is 2.39 bits per heavy atom. The standard InChI is InChI=1S/C23H28ClNO2S/c1-18-10-11-19(2)23(17-18)25(16-6-9-20-7-4-3-5-8-20)28(26,27)22-14-12-21(24)13-15-22/h3-9,12-15,18-19,23H,10-11,16-17H2,1-2H3. The first-order valence-electron chi connectivity index (χ1n) is 9.87. The van der Waals surface area contributed by atoms with E-state index >= 15 is 0 Å². The molecule has 2 aromatic rings. The van der Waals surface area contributed by atoms with Crippen molar-refractivity contribution in [2.45, 2.75) is 44.0 Å². The van der Waals surface area contributed by atoms with Gasteiger partial charge in [0, 0.05) is 17.6 Å². The molecule has 0 saturated heterocycles. The van der Waals surface area contributed by atoms with E-state index in [4.69, 9.17) is 11.6 Å². The summed E-state index contributed by atoms with van der Waals surface area (Å²) in [6.45, 7) is 4.75. The Kier molecular flexibility index (Phi) is 6.97. The third-order valence-electron chi connectivity index (χ3n) is 5.60. The van der Waals surface area contributed by atoms with E-state index in [2.05, 4.69) is 13.8 Å². The van der Waals surface area contributed by atoms with Crippen LogP contribution in [0.15, 0.2) is 65.6 Å². The molecule has 28 heavy (non-hydrogen) atoms. The summed E-state index contributed by atoms with van der Waals surface area (Å²) in [4.78, 5) is 0.301. The van der Waals surface area contributed by atoms with Crippen LogP contribution in [-0.2, 0) is 10.0 Å². The first-order valence-corrected chi connectivity index (χ1v) is 11.7. The van der Waals surface area contributed by atoms with Crippen LogP contribution in [0, 0.1) is 11.8 Å². The van der Waals surface area contributed by atoms with E-state index in [1.54, 1.807) is 28.6 Å². The van der Waals surface area contributed by atoms with E-state index in [1.165, 1.54) is 0 Å². The minimum Gasteiger partial charge on any atom is -0.207 e. The van der Waals surface area contributed by atoms with Crippen LogP contribution >= 0.6 is 11.6 Å². The minimum atomic E-state index is -3.60. The molecule has 0 N–H and O–H groups in total. The van der Waals surface area contributed by atoms with Gasteiger partial charge in [0.15, 0.2) is 0 Å². The molecule has 0 radical (unpaired) electrons. The van der Waals surface area contributed by atoms with Crippen LogP contribution in [0.2, 0.25) is 5.02 Å². The van der Waals surface area contributed by atoms with Crippen molar-refractivity contribution >= 4 is 27.7 Å². The fourth-order valence-electron chi connectivity index (χ4n) is 3.91. The molecule has 0 amide bonds. The molecular weight excluding hydrogens is 390 g/mol. The molecule has 0 bridgehead atoms. The Labute approximate surface area is 174 Å². The number of halogens is 1. The van der Waals surface area contributed by atoms with Gasteiger partial charge in [0.25, 0.3) is 0 Å². The largest absolute Gasteiger partial charge is 0.243 e. The topological polar surface area (TPSA) is 37.4 Å². The summed E-state index contributed by atoms with van der Waals surface area (Å²) in [7, 11) is -3.60. The molecule has 1 fully saturated rings. The van der Waals surface area contributed by atoms with Gasteiger partial charge in [0.05, 0.1) is 4.90 Å². The van der Waals surface area contributed by atoms with E-state index in [0.29, 0.717) is 28.3 Å². The fourth-order valence-corrected chi connectivity index (χ4v) is 5.72. The molecule has 3 nitrogen and oxygen atoms in total. The van der Waals surface area contributed by atoms with E-state index in [9.17, 15) is 8.42 Å². The van der Waals surface area contributed by atoms with E-state index < -0.39 is 10.0 Å². The second kappa shape index (κ2) is 9.25. The lowest BCUT2D eigenvalue weighted by atomic mass is 9.80. The quantitative estimate of drug-likeness (QED) is 0.589. The van der Waals surface area contributed by atoms with Crippen molar-refractivity contribution in [3.05, 3.63) is 71.3 Å². The predicted molar refractivity (Wildman–Crippen MR) is 117 cm³/mol. The van der Waals surface area contributed by atoms with Crippen LogP contribution < -0.4 is 0 Å². The lowest BCUT2D eigenvalue weighted by Gasteiger charge is -2.39. The summed E-state index contributed by atoms with van der Waals surface area (Å²) in [6, 6.07) is 16.4.